The highest BCUT2D eigenvalue weighted by molar-refractivity contribution is 5.03. The van der Waals surface area contributed by atoms with Gasteiger partial charge < -0.3 is 0 Å². The predicted molar refractivity (Wildman–Crippen MR) is 472 cm³/mol. The summed E-state index contributed by atoms with van der Waals surface area (Å²) in [6.07, 6.45) is 127. The lowest BCUT2D eigenvalue weighted by atomic mass is 9.48. The van der Waals surface area contributed by atoms with E-state index in [1.165, 1.54) is 222 Å². The third kappa shape index (κ3) is 21.8. The highest BCUT2D eigenvalue weighted by Gasteiger charge is 2.53. The molecule has 0 amide bonds. The quantitative estimate of drug-likeness (QED) is 0.227. The first-order chi connectivity index (χ1) is 54.3. The van der Waals surface area contributed by atoms with Crippen LogP contribution < -0.4 is 0 Å². The predicted octanol–water partition coefficient (Wildman–Crippen LogP) is 34.8. The third-order valence-electron chi connectivity index (χ3n) is 42.1. The fourth-order valence-corrected chi connectivity index (χ4v) is 35.0. The summed E-state index contributed by atoms with van der Waals surface area (Å²) in [5.41, 5.74) is 2.66. The summed E-state index contributed by atoms with van der Waals surface area (Å²) in [7, 11) is 0. The molecule has 31 saturated carbocycles. The van der Waals surface area contributed by atoms with E-state index < -0.39 is 0 Å². The smallest absolute Gasteiger partial charge is 0.0297 e. The minimum atomic E-state index is 0.858. The molecule has 16 unspecified atom stereocenters. The maximum atomic E-state index is 1.64. The van der Waals surface area contributed by atoms with Gasteiger partial charge in [0.05, 0.1) is 0 Å². The zero-order valence-corrected chi connectivity index (χ0v) is 73.8. The zero-order chi connectivity index (χ0) is 73.8. The van der Waals surface area contributed by atoms with E-state index in [1.807, 2.05) is 0 Å². The van der Waals surface area contributed by atoms with Crippen LogP contribution in [0.5, 0.6) is 0 Å². The Bertz CT molecular complexity index is 2400. The summed E-state index contributed by atoms with van der Waals surface area (Å²) in [5, 5.41) is 0. The van der Waals surface area contributed by atoms with Gasteiger partial charge in [-0.25, -0.2) is 0 Å². The molecule has 110 heavy (non-hydrogen) atoms. The Morgan fingerprint density at radius 3 is 0.500 bits per heavy atom. The molecule has 0 aromatic carbocycles. The maximum absolute atomic E-state index is 1.64. The van der Waals surface area contributed by atoms with Crippen molar-refractivity contribution in [2.75, 3.05) is 0 Å². The van der Waals surface area contributed by atoms with Crippen molar-refractivity contribution in [1.82, 2.24) is 0 Å². The van der Waals surface area contributed by atoms with Crippen molar-refractivity contribution in [1.29, 1.82) is 0 Å². The summed E-state index contributed by atoms with van der Waals surface area (Å²) in [4.78, 5) is 0. The van der Waals surface area contributed by atoms with Gasteiger partial charge in [0.25, 0.3) is 0 Å². The van der Waals surface area contributed by atoms with Gasteiger partial charge >= 0.3 is 0 Å². The van der Waals surface area contributed by atoms with Crippen LogP contribution in [0, 0.1) is 170 Å². The Balaban J connectivity index is 0.0000000910. The van der Waals surface area contributed by atoms with Crippen LogP contribution in [0.3, 0.4) is 0 Å². The van der Waals surface area contributed by atoms with Gasteiger partial charge in [-0.05, 0) is 408 Å². The summed E-state index contributed by atoms with van der Waals surface area (Å²) in [5.74, 6) is 30.4. The van der Waals surface area contributed by atoms with Crippen molar-refractivity contribution in [3.05, 3.63) is 0 Å². The molecule has 31 rings (SSSR count). The van der Waals surface area contributed by atoms with Crippen LogP contribution in [0.25, 0.3) is 0 Å². The molecule has 3 spiro atoms. The van der Waals surface area contributed by atoms with Crippen molar-refractivity contribution in [2.24, 2.45) is 170 Å². The minimum Gasteiger partial charge on any atom is -0.0533 e. The van der Waals surface area contributed by atoms with Crippen LogP contribution >= 0.6 is 0 Å². The fraction of sp³-hybridized carbons (Fsp3) is 1.00. The molecule has 628 valence electrons. The zero-order valence-electron chi connectivity index (χ0n) is 73.8. The second-order valence-electron chi connectivity index (χ2n) is 48.6. The van der Waals surface area contributed by atoms with Crippen molar-refractivity contribution in [3.63, 3.8) is 0 Å². The first-order valence-electron chi connectivity index (χ1n) is 54.3. The van der Waals surface area contributed by atoms with Crippen LogP contribution in [0.2, 0.25) is 0 Å². The van der Waals surface area contributed by atoms with Crippen LogP contribution in [0.4, 0.5) is 0 Å². The highest BCUT2D eigenvalue weighted by atomic mass is 14.6. The summed E-state index contributed by atoms with van der Waals surface area (Å²) in [6, 6.07) is 0. The summed E-state index contributed by atoms with van der Waals surface area (Å²) in [6.45, 7) is 0. The van der Waals surface area contributed by atoms with Gasteiger partial charge in [0, 0.05) is 0 Å². The maximum Gasteiger partial charge on any atom is -0.0297 e. The molecule has 0 heteroatoms. The summed E-state index contributed by atoms with van der Waals surface area (Å²) < 4.78 is 0. The molecule has 0 aliphatic heterocycles. The molecule has 0 nitrogen and oxygen atoms in total. The molecule has 0 heterocycles. The van der Waals surface area contributed by atoms with E-state index in [0.717, 1.165) is 63.6 Å². The van der Waals surface area contributed by atoms with Crippen LogP contribution in [-0.4, -0.2) is 0 Å². The van der Waals surface area contributed by atoms with E-state index in [1.54, 1.807) is 405 Å². The second-order valence-corrected chi connectivity index (χ2v) is 48.6. The molecule has 31 aliphatic carbocycles. The first-order valence-corrected chi connectivity index (χ1v) is 54.3. The van der Waals surface area contributed by atoms with Crippen LogP contribution in [0.1, 0.15) is 520 Å². The molecule has 16 atom stereocenters. The Morgan fingerprint density at radius 2 is 0.273 bits per heavy atom. The van der Waals surface area contributed by atoms with Gasteiger partial charge in [-0.15, -0.1) is 0 Å². The molecular weight excluding hydrogens is 1320 g/mol. The lowest BCUT2D eigenvalue weighted by molar-refractivity contribution is -0.0786. The number of fused-ring (bicyclic) bond motifs is 22. The molecular formula is C110H188. The lowest BCUT2D eigenvalue weighted by Crippen LogP contribution is -2.49. The van der Waals surface area contributed by atoms with Crippen molar-refractivity contribution in [2.45, 2.75) is 520 Å². The monoisotopic (exact) mass is 1510 g/mol. The number of hydrogen-bond acceptors (Lipinski definition) is 0. The summed E-state index contributed by atoms with van der Waals surface area (Å²) >= 11 is 0. The van der Waals surface area contributed by atoms with E-state index in [2.05, 4.69) is 0 Å². The van der Waals surface area contributed by atoms with Crippen LogP contribution in [-0.2, 0) is 0 Å². The Labute approximate surface area is 685 Å². The largest absolute Gasteiger partial charge is 0.0533 e. The topological polar surface area (TPSA) is 0 Å². The molecule has 0 aromatic rings. The number of rotatable bonds is 0. The van der Waals surface area contributed by atoms with Gasteiger partial charge in [0.15, 0.2) is 0 Å². The molecule has 0 saturated heterocycles. The van der Waals surface area contributed by atoms with E-state index in [4.69, 9.17) is 0 Å². The van der Waals surface area contributed by atoms with E-state index in [0.29, 0.717) is 0 Å². The van der Waals surface area contributed by atoms with Gasteiger partial charge in [0.2, 0.25) is 0 Å². The Morgan fingerprint density at radius 1 is 0.100 bits per heavy atom. The molecule has 0 N–H and O–H groups in total. The minimum absolute atomic E-state index is 0.858. The second kappa shape index (κ2) is 40.6. The van der Waals surface area contributed by atoms with Crippen molar-refractivity contribution >= 4 is 0 Å². The van der Waals surface area contributed by atoms with E-state index in [9.17, 15) is 0 Å². The molecule has 31 aliphatic rings. The SMILES string of the molecule is C1C2CC1C2.C1CC2CC(C1)C2.C1CC2CC1C2.C1CC2CCC(C1)C2.C1CC2CCC1C2.C1CCC2(CC1)CC2.C1CCC2(CC1)CCCC2.C1CCC2(CC1)CCCCC2.C1CCC2C(C1)CCC1C2CCC2C3CCCCC3CCC21.C1CCC2C(C1)CCC1C3CCCCC3CCC21.C1CCC2CC(C1)C2. The standard InChI is InChI=1S/C22H36.C18H30.C11H20.C10H18.3C8H14.2C7H12.C6H10.C5H8/c1-3-7-17-15(5-1)9-11-21-19(17)13-14-20-18-8-4-2-6-16(18)10-12-22(20)21;1-3-7-15-13(5-1)9-11-18-16-8-4-2-6-14(16)10-12-17(15)18;1-3-7-11(8-4-1)9-5-2-6-10-11;1-2-6-10(7-3-1)8-4-5-9-10;1-2-7-4-5-8(3-1)6-7;1-2-4-8-5-7(3-1)6-8;1-2-4-8(5-3-1)6-7-8;1-2-7-4-3-6(1)5-7;1-2-6-4-7(3-1)5-6;1-2-6-3-5(1)4-6;1-4-2-5(1)3-4/h15-22H,1-14H2;13-18H,1-12H2;1-10H2;1-9H2;2*7-8H,1-6H2;1-7H2;2*6-7H,1-5H2;5-6H,1-4H2;4-5H,1-3H2. The van der Waals surface area contributed by atoms with Gasteiger partial charge in [-0.3, -0.25) is 0 Å². The Kier molecular flexibility index (Phi) is 30.4. The average Bonchev–Trinajstić information content (AvgIpc) is 0.983. The van der Waals surface area contributed by atoms with Gasteiger partial charge in [-0.2, -0.15) is 0 Å². The fourth-order valence-electron chi connectivity index (χ4n) is 35.0. The Hall–Kier alpha value is 0. The van der Waals surface area contributed by atoms with Gasteiger partial charge in [0.1, 0.15) is 0 Å². The number of hydrogen-bond donors (Lipinski definition) is 0. The van der Waals surface area contributed by atoms with Gasteiger partial charge in [-0.1, -0.05) is 283 Å². The average molecular weight is 1510 g/mol. The van der Waals surface area contributed by atoms with Crippen LogP contribution in [0.15, 0.2) is 0 Å². The van der Waals surface area contributed by atoms with E-state index in [-0.39, 0.29) is 0 Å². The molecule has 0 aromatic heterocycles. The van der Waals surface area contributed by atoms with E-state index >= 15 is 0 Å². The lowest BCUT2D eigenvalue weighted by Gasteiger charge is -2.57. The first kappa shape index (κ1) is 82.3. The third-order valence-corrected chi connectivity index (χ3v) is 42.1. The molecule has 0 radical (unpaired) electrons. The van der Waals surface area contributed by atoms with Crippen molar-refractivity contribution < 1.29 is 0 Å². The highest BCUT2D eigenvalue weighted by Crippen LogP contribution is 2.63. The molecule has 31 fully saturated rings. The molecule has 12 bridgehead atoms. The van der Waals surface area contributed by atoms with Crippen molar-refractivity contribution in [3.8, 4) is 0 Å². The normalized spacial score (nSPS) is 45.8.